The van der Waals surface area contributed by atoms with E-state index in [1.54, 1.807) is 18.2 Å². The quantitative estimate of drug-likeness (QED) is 0.723. The number of benzene rings is 1. The van der Waals surface area contributed by atoms with Gasteiger partial charge in [-0.2, -0.15) is 0 Å². The Morgan fingerprint density at radius 2 is 2.00 bits per heavy atom. The number of ether oxygens (including phenoxy) is 1. The monoisotopic (exact) mass is 384 g/mol. The third kappa shape index (κ3) is 5.13. The summed E-state index contributed by atoms with van der Waals surface area (Å²) in [6, 6.07) is 5.10. The van der Waals surface area contributed by atoms with Crippen LogP contribution in [0.4, 0.5) is 10.5 Å². The first kappa shape index (κ1) is 17.6. The van der Waals surface area contributed by atoms with Crippen molar-refractivity contribution in [1.82, 2.24) is 5.32 Å². The molecule has 0 atom stereocenters. The minimum absolute atomic E-state index is 0.0248. The maximum atomic E-state index is 12.0. The number of amides is 2. The molecule has 0 aliphatic heterocycles. The van der Waals surface area contributed by atoms with Gasteiger partial charge >= 0.3 is 12.0 Å². The maximum Gasteiger partial charge on any atom is 0.319 e. The number of nitrogens with one attached hydrogen (secondary N) is 2. The van der Waals surface area contributed by atoms with Crippen molar-refractivity contribution >= 4 is 33.6 Å². The van der Waals surface area contributed by atoms with Crippen LogP contribution in [0.5, 0.6) is 5.75 Å². The first-order valence-electron chi connectivity index (χ1n) is 7.72. The van der Waals surface area contributed by atoms with Gasteiger partial charge in [0.05, 0.1) is 17.0 Å². The Morgan fingerprint density at radius 1 is 1.30 bits per heavy atom. The highest BCUT2D eigenvalue weighted by Crippen LogP contribution is 2.28. The predicted molar refractivity (Wildman–Crippen MR) is 90.8 cm³/mol. The van der Waals surface area contributed by atoms with E-state index in [1.807, 2.05) is 6.92 Å². The summed E-state index contributed by atoms with van der Waals surface area (Å²) in [5.41, 5.74) is 0.664. The van der Waals surface area contributed by atoms with Gasteiger partial charge in [-0.05, 0) is 66.7 Å². The fraction of sp³-hybridized carbons (Fsp3) is 0.500. The van der Waals surface area contributed by atoms with Crippen molar-refractivity contribution in [3.05, 3.63) is 22.7 Å². The number of rotatable bonds is 5. The third-order valence-corrected chi connectivity index (χ3v) is 4.52. The summed E-state index contributed by atoms with van der Waals surface area (Å²) in [5.74, 6) is -0.296. The molecule has 0 aromatic heterocycles. The number of urea groups is 1. The molecule has 0 heterocycles. The second-order valence-corrected chi connectivity index (χ2v) is 6.42. The van der Waals surface area contributed by atoms with Crippen molar-refractivity contribution in [2.45, 2.75) is 38.6 Å². The molecule has 126 valence electrons. The molecule has 0 bridgehead atoms. The van der Waals surface area contributed by atoms with E-state index < -0.39 is 5.97 Å². The van der Waals surface area contributed by atoms with Gasteiger partial charge in [0, 0.05) is 11.7 Å². The van der Waals surface area contributed by atoms with E-state index in [0.29, 0.717) is 38.0 Å². The van der Waals surface area contributed by atoms with Gasteiger partial charge in [0.15, 0.2) is 0 Å². The Labute approximate surface area is 143 Å². The predicted octanol–water partition coefficient (Wildman–Crippen LogP) is 3.61. The molecule has 0 saturated heterocycles. The summed E-state index contributed by atoms with van der Waals surface area (Å²) < 4.78 is 6.20. The molecular weight excluding hydrogens is 364 g/mol. The summed E-state index contributed by atoms with van der Waals surface area (Å²) in [5, 5.41) is 14.7. The highest BCUT2D eigenvalue weighted by Gasteiger charge is 2.26. The Kier molecular flexibility index (Phi) is 6.27. The fourth-order valence-corrected chi connectivity index (χ4v) is 3.18. The normalized spacial score (nSPS) is 20.6. The summed E-state index contributed by atoms with van der Waals surface area (Å²) in [4.78, 5) is 22.9. The number of carbonyl (C=O) groups excluding carboxylic acids is 1. The molecule has 0 spiro atoms. The summed E-state index contributed by atoms with van der Waals surface area (Å²) in [7, 11) is 0. The lowest BCUT2D eigenvalue weighted by Gasteiger charge is -2.26. The number of halogens is 1. The van der Waals surface area contributed by atoms with Gasteiger partial charge in [-0.25, -0.2) is 4.79 Å². The van der Waals surface area contributed by atoms with Gasteiger partial charge in [0.25, 0.3) is 0 Å². The van der Waals surface area contributed by atoms with Crippen LogP contribution in [0.1, 0.15) is 32.6 Å². The zero-order chi connectivity index (χ0) is 16.8. The van der Waals surface area contributed by atoms with Crippen LogP contribution in [0.15, 0.2) is 22.7 Å². The molecule has 1 aromatic rings. The van der Waals surface area contributed by atoms with Crippen molar-refractivity contribution in [3.63, 3.8) is 0 Å². The van der Waals surface area contributed by atoms with Crippen molar-refractivity contribution in [2.75, 3.05) is 11.9 Å². The van der Waals surface area contributed by atoms with E-state index >= 15 is 0 Å². The zero-order valence-electron chi connectivity index (χ0n) is 13.0. The molecule has 3 N–H and O–H groups in total. The highest BCUT2D eigenvalue weighted by atomic mass is 79.9. The number of aliphatic carboxylic acids is 1. The first-order valence-corrected chi connectivity index (χ1v) is 8.51. The lowest BCUT2D eigenvalue weighted by atomic mass is 9.86. The summed E-state index contributed by atoms with van der Waals surface area (Å²) in [6.07, 6.45) is 2.60. The van der Waals surface area contributed by atoms with Crippen LogP contribution in [0.3, 0.4) is 0 Å². The van der Waals surface area contributed by atoms with E-state index in [9.17, 15) is 9.59 Å². The van der Waals surface area contributed by atoms with E-state index in [0.717, 1.165) is 10.2 Å². The summed E-state index contributed by atoms with van der Waals surface area (Å²) >= 11 is 3.40. The topological polar surface area (TPSA) is 87.7 Å². The Balaban J connectivity index is 1.83. The molecule has 1 aromatic carbocycles. The standard InChI is InChI=1S/C16H21BrN2O4/c1-2-23-14-8-7-12(9-13(14)17)19-16(22)18-11-5-3-10(4-6-11)15(20)21/h7-11H,2-6H2,1H3,(H,20,21)(H2,18,19,22). The molecule has 1 aliphatic rings. The van der Waals surface area contributed by atoms with Gasteiger partial charge < -0.3 is 20.5 Å². The molecule has 1 aliphatic carbocycles. The van der Waals surface area contributed by atoms with Crippen molar-refractivity contribution in [2.24, 2.45) is 5.92 Å². The molecule has 2 rings (SSSR count). The second kappa shape index (κ2) is 8.19. The molecular formula is C16H21BrN2O4. The fourth-order valence-electron chi connectivity index (χ4n) is 2.69. The van der Waals surface area contributed by atoms with Crippen LogP contribution in [-0.4, -0.2) is 29.8 Å². The largest absolute Gasteiger partial charge is 0.493 e. The van der Waals surface area contributed by atoms with Crippen LogP contribution in [0.2, 0.25) is 0 Å². The van der Waals surface area contributed by atoms with Crippen LogP contribution >= 0.6 is 15.9 Å². The van der Waals surface area contributed by atoms with Crippen molar-refractivity contribution in [1.29, 1.82) is 0 Å². The second-order valence-electron chi connectivity index (χ2n) is 5.56. The van der Waals surface area contributed by atoms with Crippen LogP contribution in [-0.2, 0) is 4.79 Å². The Morgan fingerprint density at radius 3 is 2.57 bits per heavy atom. The van der Waals surface area contributed by atoms with Crippen LogP contribution in [0.25, 0.3) is 0 Å². The molecule has 2 amide bonds. The molecule has 1 saturated carbocycles. The maximum absolute atomic E-state index is 12.0. The lowest BCUT2D eigenvalue weighted by Crippen LogP contribution is -2.40. The molecule has 1 fully saturated rings. The average Bonchev–Trinajstić information content (AvgIpc) is 2.50. The van der Waals surface area contributed by atoms with E-state index in [1.165, 1.54) is 0 Å². The van der Waals surface area contributed by atoms with Crippen LogP contribution in [0, 0.1) is 5.92 Å². The van der Waals surface area contributed by atoms with E-state index in [-0.39, 0.29) is 18.0 Å². The number of carbonyl (C=O) groups is 2. The van der Waals surface area contributed by atoms with Gasteiger partial charge in [0.1, 0.15) is 5.75 Å². The molecule has 0 radical (unpaired) electrons. The average molecular weight is 385 g/mol. The van der Waals surface area contributed by atoms with Gasteiger partial charge in [-0.3, -0.25) is 4.79 Å². The number of hydrogen-bond donors (Lipinski definition) is 3. The molecule has 0 unspecified atom stereocenters. The SMILES string of the molecule is CCOc1ccc(NC(=O)NC2CCC(C(=O)O)CC2)cc1Br. The lowest BCUT2D eigenvalue weighted by molar-refractivity contribution is -0.142. The third-order valence-electron chi connectivity index (χ3n) is 3.90. The Bertz CT molecular complexity index is 571. The number of carboxylic acid groups (broad SMARTS) is 1. The molecule has 23 heavy (non-hydrogen) atoms. The number of anilines is 1. The molecule has 6 nitrogen and oxygen atoms in total. The van der Waals surface area contributed by atoms with E-state index in [4.69, 9.17) is 9.84 Å². The van der Waals surface area contributed by atoms with Crippen molar-refractivity contribution in [3.8, 4) is 5.75 Å². The zero-order valence-corrected chi connectivity index (χ0v) is 14.6. The van der Waals surface area contributed by atoms with Crippen LogP contribution < -0.4 is 15.4 Å². The van der Waals surface area contributed by atoms with Gasteiger partial charge in [-0.15, -0.1) is 0 Å². The highest BCUT2D eigenvalue weighted by molar-refractivity contribution is 9.10. The van der Waals surface area contributed by atoms with E-state index in [2.05, 4.69) is 26.6 Å². The minimum atomic E-state index is -0.743. The van der Waals surface area contributed by atoms with Crippen molar-refractivity contribution < 1.29 is 19.4 Å². The Hall–Kier alpha value is -1.76. The van der Waals surface area contributed by atoms with Gasteiger partial charge in [0.2, 0.25) is 0 Å². The molecule has 7 heteroatoms. The smallest absolute Gasteiger partial charge is 0.319 e. The van der Waals surface area contributed by atoms with Gasteiger partial charge in [-0.1, -0.05) is 0 Å². The number of hydrogen-bond acceptors (Lipinski definition) is 3. The minimum Gasteiger partial charge on any atom is -0.493 e. The summed E-state index contributed by atoms with van der Waals surface area (Å²) in [6.45, 7) is 2.48. The first-order chi connectivity index (χ1) is 11.0. The number of carboxylic acids is 1.